The highest BCUT2D eigenvalue weighted by molar-refractivity contribution is 5.88. The lowest BCUT2D eigenvalue weighted by Gasteiger charge is -2.33. The zero-order valence-corrected chi connectivity index (χ0v) is 21.8. The van der Waals surface area contributed by atoms with E-state index in [4.69, 9.17) is 9.47 Å². The fourth-order valence-electron chi connectivity index (χ4n) is 3.97. The molecule has 2 aromatic heterocycles. The summed E-state index contributed by atoms with van der Waals surface area (Å²) in [7, 11) is 0. The molecule has 3 aromatic rings. The van der Waals surface area contributed by atoms with Crippen molar-refractivity contribution in [3.63, 3.8) is 0 Å². The molecule has 1 atom stereocenters. The minimum atomic E-state index is -0.777. The molecule has 2 heterocycles. The number of rotatable bonds is 8. The van der Waals surface area contributed by atoms with Crippen molar-refractivity contribution < 1.29 is 23.5 Å². The van der Waals surface area contributed by atoms with Gasteiger partial charge in [-0.05, 0) is 58.2 Å². The molecule has 0 aliphatic heterocycles. The van der Waals surface area contributed by atoms with Crippen molar-refractivity contribution >= 4 is 23.5 Å². The number of nitrogens with zero attached hydrogens (tertiary/aromatic N) is 3. The number of alkyl carbamates (subject to hydrolysis) is 1. The van der Waals surface area contributed by atoms with Crippen molar-refractivity contribution in [3.8, 4) is 17.0 Å². The first-order chi connectivity index (χ1) is 16.7. The average Bonchev–Trinajstić information content (AvgIpc) is 3.18. The van der Waals surface area contributed by atoms with E-state index >= 15 is 4.39 Å². The maximum Gasteiger partial charge on any atom is 0.408 e. The Labute approximate surface area is 210 Å². The molecule has 9 nitrogen and oxygen atoms in total. The summed E-state index contributed by atoms with van der Waals surface area (Å²) >= 11 is 0. The number of carbonyl (C=O) groups excluding carboxylic acids is 2. The van der Waals surface area contributed by atoms with Crippen LogP contribution in [0.2, 0.25) is 0 Å². The van der Waals surface area contributed by atoms with E-state index in [9.17, 15) is 9.59 Å². The molecule has 194 valence electrons. The first kappa shape index (κ1) is 26.9. The third kappa shape index (κ3) is 7.16. The minimum absolute atomic E-state index is 0.0476. The van der Waals surface area contributed by atoms with E-state index in [1.165, 1.54) is 19.1 Å². The lowest BCUT2D eigenvalue weighted by atomic mass is 9.91. The molecule has 0 saturated heterocycles. The summed E-state index contributed by atoms with van der Waals surface area (Å²) in [5, 5.41) is 9.79. The first-order valence-electron chi connectivity index (χ1n) is 11.8. The fourth-order valence-corrected chi connectivity index (χ4v) is 3.97. The molecule has 0 spiro atoms. The second-order valence-electron chi connectivity index (χ2n) is 10.5. The fraction of sp³-hybridized carbons (Fsp3) is 0.462. The van der Waals surface area contributed by atoms with Gasteiger partial charge in [-0.15, -0.1) is 0 Å². The Morgan fingerprint density at radius 2 is 1.86 bits per heavy atom. The van der Waals surface area contributed by atoms with E-state index in [1.54, 1.807) is 49.7 Å². The number of aromatic nitrogens is 3. The number of benzene rings is 1. The minimum Gasteiger partial charge on any atom is -0.488 e. The van der Waals surface area contributed by atoms with Gasteiger partial charge in [0.1, 0.15) is 18.0 Å². The van der Waals surface area contributed by atoms with Crippen LogP contribution in [0.1, 0.15) is 54.9 Å². The van der Waals surface area contributed by atoms with Crippen LogP contribution < -0.4 is 15.4 Å². The third-order valence-corrected chi connectivity index (χ3v) is 5.10. The molecule has 0 aliphatic carbocycles. The normalized spacial score (nSPS) is 13.4. The van der Waals surface area contributed by atoms with E-state index in [0.29, 0.717) is 29.1 Å². The van der Waals surface area contributed by atoms with Gasteiger partial charge in [0.15, 0.2) is 17.2 Å². The summed E-state index contributed by atoms with van der Waals surface area (Å²) in [4.78, 5) is 28.2. The van der Waals surface area contributed by atoms with Gasteiger partial charge in [-0.1, -0.05) is 13.8 Å². The van der Waals surface area contributed by atoms with Gasteiger partial charge >= 0.3 is 6.09 Å². The third-order valence-electron chi connectivity index (χ3n) is 5.10. The Bertz CT molecular complexity index is 1250. The molecular weight excluding hydrogens is 465 g/mol. The largest absolute Gasteiger partial charge is 0.488 e. The molecular formula is C26H34FN5O4. The average molecular weight is 500 g/mol. The van der Waals surface area contributed by atoms with Crippen molar-refractivity contribution in [2.75, 3.05) is 11.9 Å². The topological polar surface area (TPSA) is 107 Å². The number of ether oxygens (including phenoxy) is 2. The molecule has 0 radical (unpaired) electrons. The number of amides is 2. The van der Waals surface area contributed by atoms with Crippen LogP contribution in [-0.4, -0.2) is 44.3 Å². The van der Waals surface area contributed by atoms with Crippen LogP contribution in [0, 0.1) is 11.7 Å². The Morgan fingerprint density at radius 3 is 2.47 bits per heavy atom. The van der Waals surface area contributed by atoms with Gasteiger partial charge in [-0.2, -0.15) is 5.10 Å². The summed E-state index contributed by atoms with van der Waals surface area (Å²) in [6, 6.07) is 7.89. The van der Waals surface area contributed by atoms with Crippen LogP contribution in [-0.2, 0) is 9.53 Å². The smallest absolute Gasteiger partial charge is 0.408 e. The van der Waals surface area contributed by atoms with Gasteiger partial charge in [0, 0.05) is 24.6 Å². The zero-order valence-electron chi connectivity index (χ0n) is 21.8. The number of hydrogen-bond acceptors (Lipinski definition) is 6. The Kier molecular flexibility index (Phi) is 7.86. The Hall–Kier alpha value is -3.69. The number of carbonyl (C=O) groups is 2. The van der Waals surface area contributed by atoms with E-state index in [1.807, 2.05) is 20.8 Å². The van der Waals surface area contributed by atoms with Crippen LogP contribution in [0.15, 0.2) is 36.5 Å². The van der Waals surface area contributed by atoms with Gasteiger partial charge in [0.05, 0.1) is 17.4 Å². The van der Waals surface area contributed by atoms with E-state index in [0.717, 1.165) is 0 Å². The highest BCUT2D eigenvalue weighted by Crippen LogP contribution is 2.29. The number of halogens is 1. The Balaban J connectivity index is 1.83. The molecule has 10 heteroatoms. The quantitative estimate of drug-likeness (QED) is 0.441. The van der Waals surface area contributed by atoms with E-state index < -0.39 is 23.1 Å². The lowest BCUT2D eigenvalue weighted by Crippen LogP contribution is -2.52. The summed E-state index contributed by atoms with van der Waals surface area (Å²) in [5.41, 5.74) is 0.170. The van der Waals surface area contributed by atoms with Gasteiger partial charge < -0.3 is 20.1 Å². The van der Waals surface area contributed by atoms with Crippen molar-refractivity contribution in [3.05, 3.63) is 42.3 Å². The second kappa shape index (κ2) is 10.5. The maximum atomic E-state index is 15.1. The number of hydrogen-bond donors (Lipinski definition) is 2. The predicted molar refractivity (Wildman–Crippen MR) is 135 cm³/mol. The lowest BCUT2D eigenvalue weighted by molar-refractivity contribution is -0.114. The van der Waals surface area contributed by atoms with Crippen LogP contribution >= 0.6 is 0 Å². The molecule has 0 saturated carbocycles. The summed E-state index contributed by atoms with van der Waals surface area (Å²) in [6.45, 7) is 12.7. The molecule has 36 heavy (non-hydrogen) atoms. The van der Waals surface area contributed by atoms with Crippen molar-refractivity contribution in [2.45, 2.75) is 66.0 Å². The molecule has 2 N–H and O–H groups in total. The SMILES string of the molecule is CC(=O)Nc1cc(-c2ccc(OCC(C)(CC(C)C)NC(=O)OC(C)(C)C)c(F)c2)n2nccc2n1. The van der Waals surface area contributed by atoms with Crippen LogP contribution in [0.5, 0.6) is 5.75 Å². The van der Waals surface area contributed by atoms with Crippen molar-refractivity contribution in [2.24, 2.45) is 5.92 Å². The van der Waals surface area contributed by atoms with Gasteiger partial charge in [0.25, 0.3) is 0 Å². The zero-order chi connectivity index (χ0) is 26.7. The molecule has 2 amide bonds. The van der Waals surface area contributed by atoms with Crippen LogP contribution in [0.25, 0.3) is 16.9 Å². The molecule has 0 bridgehead atoms. The molecule has 1 unspecified atom stereocenters. The first-order valence-corrected chi connectivity index (χ1v) is 11.8. The van der Waals surface area contributed by atoms with Gasteiger partial charge in [-0.25, -0.2) is 18.7 Å². The van der Waals surface area contributed by atoms with E-state index in [2.05, 4.69) is 20.7 Å². The number of anilines is 1. The summed E-state index contributed by atoms with van der Waals surface area (Å²) in [6.07, 6.45) is 1.62. The number of fused-ring (bicyclic) bond motifs is 1. The van der Waals surface area contributed by atoms with Crippen molar-refractivity contribution in [1.82, 2.24) is 19.9 Å². The highest BCUT2D eigenvalue weighted by atomic mass is 19.1. The molecule has 0 aliphatic rings. The monoisotopic (exact) mass is 499 g/mol. The molecule has 1 aromatic carbocycles. The van der Waals surface area contributed by atoms with Crippen LogP contribution in [0.4, 0.5) is 15.0 Å². The van der Waals surface area contributed by atoms with Gasteiger partial charge in [0.2, 0.25) is 5.91 Å². The Morgan fingerprint density at radius 1 is 1.14 bits per heavy atom. The van der Waals surface area contributed by atoms with Crippen LogP contribution in [0.3, 0.4) is 0 Å². The predicted octanol–water partition coefficient (Wildman–Crippen LogP) is 5.20. The van der Waals surface area contributed by atoms with Crippen molar-refractivity contribution in [1.29, 1.82) is 0 Å². The summed E-state index contributed by atoms with van der Waals surface area (Å²) < 4.78 is 27.9. The number of nitrogens with one attached hydrogen (secondary N) is 2. The highest BCUT2D eigenvalue weighted by Gasteiger charge is 2.31. The van der Waals surface area contributed by atoms with Gasteiger partial charge in [-0.3, -0.25) is 4.79 Å². The second-order valence-corrected chi connectivity index (χ2v) is 10.5. The molecule has 3 rings (SSSR count). The van der Waals surface area contributed by atoms with E-state index in [-0.39, 0.29) is 24.2 Å². The summed E-state index contributed by atoms with van der Waals surface area (Å²) in [5.74, 6) is -0.204. The maximum absolute atomic E-state index is 15.1. The molecule has 0 fully saturated rings. The standard InChI is InChI=1S/C26H34FN5O4/c1-16(2)14-26(7,31-24(34)36-25(4,5)6)15-35-21-9-8-18(12-19(21)27)20-13-22(29-17(3)33)30-23-10-11-28-32(20)23/h8-13,16H,14-15H2,1-7H3,(H,31,34)(H,29,30,33).